The molecule has 1 saturated heterocycles. The van der Waals surface area contributed by atoms with Gasteiger partial charge < -0.3 is 9.64 Å². The van der Waals surface area contributed by atoms with Crippen molar-refractivity contribution in [2.45, 2.75) is 13.0 Å². The molecule has 1 fully saturated rings. The maximum absolute atomic E-state index is 5.50. The van der Waals surface area contributed by atoms with Crippen LogP contribution < -0.4 is 4.90 Å². The van der Waals surface area contributed by atoms with E-state index < -0.39 is 0 Å². The highest BCUT2D eigenvalue weighted by Gasteiger charge is 2.16. The molecule has 1 atom stereocenters. The molecule has 0 aromatic heterocycles. The molecule has 1 aromatic rings. The Hall–Kier alpha value is -1.46. The number of hydrogen-bond donors (Lipinski definition) is 0. The molecule has 78 valence electrons. The van der Waals surface area contributed by atoms with E-state index in [4.69, 9.17) is 11.2 Å². The number of anilines is 1. The zero-order valence-electron chi connectivity index (χ0n) is 8.94. The average Bonchev–Trinajstić information content (AvgIpc) is 2.29. The van der Waals surface area contributed by atoms with E-state index in [1.165, 1.54) is 5.69 Å². The fourth-order valence-corrected chi connectivity index (χ4v) is 1.82. The third-order valence-electron chi connectivity index (χ3n) is 2.64. The summed E-state index contributed by atoms with van der Waals surface area (Å²) in [4.78, 5) is 2.33. The summed E-state index contributed by atoms with van der Waals surface area (Å²) in [5.41, 5.74) is 2.16. The SMILES string of the molecule is C#Cc1ccc(N2CCOC(C)C2)cc1. The minimum absolute atomic E-state index is 0.311. The minimum Gasteiger partial charge on any atom is -0.375 e. The Balaban J connectivity index is 2.12. The maximum atomic E-state index is 5.50. The summed E-state index contributed by atoms with van der Waals surface area (Å²) >= 11 is 0. The summed E-state index contributed by atoms with van der Waals surface area (Å²) in [5.74, 6) is 2.62. The number of nitrogens with zero attached hydrogens (tertiary/aromatic N) is 1. The van der Waals surface area contributed by atoms with Crippen LogP contribution in [-0.2, 0) is 4.74 Å². The van der Waals surface area contributed by atoms with Gasteiger partial charge in [0.15, 0.2) is 0 Å². The van der Waals surface area contributed by atoms with Gasteiger partial charge in [-0.3, -0.25) is 0 Å². The fraction of sp³-hybridized carbons (Fsp3) is 0.385. The van der Waals surface area contributed by atoms with Crippen LogP contribution >= 0.6 is 0 Å². The molecule has 0 spiro atoms. The molecule has 2 rings (SSSR count). The van der Waals surface area contributed by atoms with Gasteiger partial charge in [0.1, 0.15) is 0 Å². The van der Waals surface area contributed by atoms with Crippen LogP contribution in [0.3, 0.4) is 0 Å². The van der Waals surface area contributed by atoms with Crippen molar-refractivity contribution in [2.24, 2.45) is 0 Å². The van der Waals surface area contributed by atoms with Crippen molar-refractivity contribution in [2.75, 3.05) is 24.6 Å². The zero-order chi connectivity index (χ0) is 10.7. The van der Waals surface area contributed by atoms with Crippen LogP contribution in [0.25, 0.3) is 0 Å². The molecule has 2 heteroatoms. The van der Waals surface area contributed by atoms with E-state index in [2.05, 4.69) is 29.9 Å². The van der Waals surface area contributed by atoms with Crippen LogP contribution in [-0.4, -0.2) is 25.8 Å². The highest BCUT2D eigenvalue weighted by Crippen LogP contribution is 2.17. The predicted octanol–water partition coefficient (Wildman–Crippen LogP) is 1.89. The first kappa shape index (κ1) is 10.1. The van der Waals surface area contributed by atoms with E-state index in [1.807, 2.05) is 12.1 Å². The number of terminal acetylenes is 1. The fourth-order valence-electron chi connectivity index (χ4n) is 1.82. The van der Waals surface area contributed by atoms with Gasteiger partial charge in [-0.2, -0.15) is 0 Å². The lowest BCUT2D eigenvalue weighted by Crippen LogP contribution is -2.41. The monoisotopic (exact) mass is 201 g/mol. The Morgan fingerprint density at radius 2 is 2.13 bits per heavy atom. The summed E-state index contributed by atoms with van der Waals surface area (Å²) in [6, 6.07) is 8.12. The molecule has 0 amide bonds. The van der Waals surface area contributed by atoms with Crippen molar-refractivity contribution >= 4 is 5.69 Å². The Morgan fingerprint density at radius 1 is 1.40 bits per heavy atom. The van der Waals surface area contributed by atoms with Crippen LogP contribution in [0.15, 0.2) is 24.3 Å². The van der Waals surface area contributed by atoms with Crippen molar-refractivity contribution in [3.05, 3.63) is 29.8 Å². The molecule has 1 unspecified atom stereocenters. The van der Waals surface area contributed by atoms with E-state index >= 15 is 0 Å². The van der Waals surface area contributed by atoms with E-state index in [0.717, 1.165) is 25.3 Å². The summed E-state index contributed by atoms with van der Waals surface area (Å²) < 4.78 is 5.50. The molecule has 1 aliphatic heterocycles. The smallest absolute Gasteiger partial charge is 0.0722 e. The van der Waals surface area contributed by atoms with Gasteiger partial charge in [0.05, 0.1) is 12.7 Å². The van der Waals surface area contributed by atoms with Gasteiger partial charge in [0.2, 0.25) is 0 Å². The normalized spacial score (nSPS) is 21.1. The molecule has 0 saturated carbocycles. The number of benzene rings is 1. The summed E-state index contributed by atoms with van der Waals surface area (Å²) in [7, 11) is 0. The molecule has 2 nitrogen and oxygen atoms in total. The maximum Gasteiger partial charge on any atom is 0.0722 e. The molecule has 1 heterocycles. The van der Waals surface area contributed by atoms with Gasteiger partial charge in [0, 0.05) is 24.3 Å². The number of morpholine rings is 1. The molecule has 0 bridgehead atoms. The van der Waals surface area contributed by atoms with Crippen LogP contribution in [0, 0.1) is 12.3 Å². The van der Waals surface area contributed by atoms with Gasteiger partial charge in [-0.05, 0) is 31.2 Å². The molecule has 1 aromatic carbocycles. The first-order valence-electron chi connectivity index (χ1n) is 5.23. The molecule has 0 aliphatic carbocycles. The second kappa shape index (κ2) is 4.37. The third kappa shape index (κ3) is 2.31. The van der Waals surface area contributed by atoms with Crippen molar-refractivity contribution in [1.29, 1.82) is 0 Å². The first-order chi connectivity index (χ1) is 7.29. The third-order valence-corrected chi connectivity index (χ3v) is 2.64. The second-order valence-corrected chi connectivity index (χ2v) is 3.82. The van der Waals surface area contributed by atoms with E-state index in [0.29, 0.717) is 6.10 Å². The van der Waals surface area contributed by atoms with Gasteiger partial charge in [-0.25, -0.2) is 0 Å². The highest BCUT2D eigenvalue weighted by molar-refractivity contribution is 5.50. The van der Waals surface area contributed by atoms with Crippen molar-refractivity contribution in [3.63, 3.8) is 0 Å². The molecule has 0 N–H and O–H groups in total. The Kier molecular flexibility index (Phi) is 2.94. The summed E-state index contributed by atoms with van der Waals surface area (Å²) in [6.07, 6.45) is 5.63. The van der Waals surface area contributed by atoms with E-state index in [1.54, 1.807) is 0 Å². The van der Waals surface area contributed by atoms with Crippen molar-refractivity contribution in [1.82, 2.24) is 0 Å². The molecule has 1 aliphatic rings. The lowest BCUT2D eigenvalue weighted by Gasteiger charge is -2.32. The van der Waals surface area contributed by atoms with Crippen LogP contribution in [0.5, 0.6) is 0 Å². The van der Waals surface area contributed by atoms with E-state index in [9.17, 15) is 0 Å². The van der Waals surface area contributed by atoms with Crippen molar-refractivity contribution in [3.8, 4) is 12.3 Å². The lowest BCUT2D eigenvalue weighted by atomic mass is 10.2. The summed E-state index contributed by atoms with van der Waals surface area (Å²) in [6.45, 7) is 4.81. The van der Waals surface area contributed by atoms with E-state index in [-0.39, 0.29) is 0 Å². The quantitative estimate of drug-likeness (QED) is 0.643. The standard InChI is InChI=1S/C13H15NO/c1-3-12-4-6-13(7-5-12)14-8-9-15-11(2)10-14/h1,4-7,11H,8-10H2,2H3. The highest BCUT2D eigenvalue weighted by atomic mass is 16.5. The lowest BCUT2D eigenvalue weighted by molar-refractivity contribution is 0.0532. The first-order valence-corrected chi connectivity index (χ1v) is 5.23. The van der Waals surface area contributed by atoms with Crippen LogP contribution in [0.1, 0.15) is 12.5 Å². The van der Waals surface area contributed by atoms with Gasteiger partial charge in [-0.1, -0.05) is 5.92 Å². The number of rotatable bonds is 1. The number of hydrogen-bond acceptors (Lipinski definition) is 2. The summed E-state index contributed by atoms with van der Waals surface area (Å²) in [5, 5.41) is 0. The van der Waals surface area contributed by atoms with Crippen LogP contribution in [0.4, 0.5) is 5.69 Å². The second-order valence-electron chi connectivity index (χ2n) is 3.82. The van der Waals surface area contributed by atoms with Gasteiger partial charge in [-0.15, -0.1) is 6.42 Å². The predicted molar refractivity (Wildman–Crippen MR) is 62.0 cm³/mol. The topological polar surface area (TPSA) is 12.5 Å². The average molecular weight is 201 g/mol. The largest absolute Gasteiger partial charge is 0.375 e. The molecular formula is C13H15NO. The minimum atomic E-state index is 0.311. The Labute approximate surface area is 90.9 Å². The Bertz CT molecular complexity index is 363. The van der Waals surface area contributed by atoms with Crippen molar-refractivity contribution < 1.29 is 4.74 Å². The molecule has 15 heavy (non-hydrogen) atoms. The van der Waals surface area contributed by atoms with Gasteiger partial charge >= 0.3 is 0 Å². The van der Waals surface area contributed by atoms with Crippen LogP contribution in [0.2, 0.25) is 0 Å². The molecular weight excluding hydrogens is 186 g/mol. The zero-order valence-corrected chi connectivity index (χ0v) is 8.94. The number of ether oxygens (including phenoxy) is 1. The molecule has 0 radical (unpaired) electrons. The Morgan fingerprint density at radius 3 is 2.73 bits per heavy atom. The van der Waals surface area contributed by atoms with Gasteiger partial charge in [0.25, 0.3) is 0 Å².